The summed E-state index contributed by atoms with van der Waals surface area (Å²) in [4.78, 5) is 0. The molecule has 0 aliphatic heterocycles. The minimum Gasteiger partial charge on any atom is -0.369 e. The molecule has 1 rings (SSSR count). The van der Waals surface area contributed by atoms with Gasteiger partial charge in [-0.1, -0.05) is 22.0 Å². The van der Waals surface area contributed by atoms with Crippen LogP contribution >= 0.6 is 15.9 Å². The van der Waals surface area contributed by atoms with Gasteiger partial charge in [0.15, 0.2) is 0 Å². The minimum absolute atomic E-state index is 0. The Hall–Kier alpha value is 0.876. The van der Waals surface area contributed by atoms with Crippen LogP contribution in [0.3, 0.4) is 0 Å². The normalized spacial score (nSPS) is 13.1. The SMILES string of the molecule is Cc1ccc(Br)c(C(O)(C(F)(F)F)C(F)(F)F)c1C.[K+]. The van der Waals surface area contributed by atoms with Crippen LogP contribution in [0.25, 0.3) is 0 Å². The van der Waals surface area contributed by atoms with E-state index in [0.29, 0.717) is 0 Å². The van der Waals surface area contributed by atoms with E-state index >= 15 is 0 Å². The molecule has 0 amide bonds. The zero-order chi connectivity index (χ0) is 15.2. The number of halogens is 7. The molecule has 0 heterocycles. The summed E-state index contributed by atoms with van der Waals surface area (Å²) in [5.74, 6) is 0. The molecule has 20 heavy (non-hydrogen) atoms. The van der Waals surface area contributed by atoms with E-state index < -0.39 is 28.0 Å². The van der Waals surface area contributed by atoms with E-state index in [9.17, 15) is 31.4 Å². The van der Waals surface area contributed by atoms with Gasteiger partial charge in [-0.3, -0.25) is 0 Å². The largest absolute Gasteiger partial charge is 1.00 e. The molecule has 0 aromatic heterocycles. The summed E-state index contributed by atoms with van der Waals surface area (Å²) in [7, 11) is 0. The molecule has 1 N–H and O–H groups in total. The third kappa shape index (κ3) is 3.44. The summed E-state index contributed by atoms with van der Waals surface area (Å²) < 4.78 is 76.3. The number of aliphatic hydroxyl groups is 1. The van der Waals surface area contributed by atoms with Crippen LogP contribution in [0.1, 0.15) is 16.7 Å². The van der Waals surface area contributed by atoms with Crippen LogP contribution in [0.2, 0.25) is 0 Å². The first-order chi connectivity index (χ1) is 8.34. The molecule has 0 bridgehead atoms. The first-order valence-electron chi connectivity index (χ1n) is 4.96. The van der Waals surface area contributed by atoms with E-state index in [-0.39, 0.29) is 62.5 Å². The summed E-state index contributed by atoms with van der Waals surface area (Å²) in [6.07, 6.45) is -11.8. The Morgan fingerprint density at radius 1 is 0.950 bits per heavy atom. The molecule has 0 saturated carbocycles. The van der Waals surface area contributed by atoms with Crippen LogP contribution in [0.5, 0.6) is 0 Å². The van der Waals surface area contributed by atoms with E-state index in [2.05, 4.69) is 15.9 Å². The summed E-state index contributed by atoms with van der Waals surface area (Å²) in [6.45, 7) is 2.45. The van der Waals surface area contributed by atoms with Crippen molar-refractivity contribution < 1.29 is 82.8 Å². The Morgan fingerprint density at radius 2 is 1.35 bits per heavy atom. The standard InChI is InChI=1S/C11H9BrF6O.K/c1-5-3-4-7(12)8(6(5)2)9(19,10(13,14)15)11(16,17)18;/h3-4,19H,1-2H3;/q;+1. The van der Waals surface area contributed by atoms with Crippen LogP contribution in [-0.4, -0.2) is 17.5 Å². The molecule has 0 saturated heterocycles. The third-order valence-corrected chi connectivity index (χ3v) is 3.53. The molecule has 0 fully saturated rings. The van der Waals surface area contributed by atoms with Crippen molar-refractivity contribution >= 4 is 15.9 Å². The molecule has 1 aromatic rings. The number of aryl methyl sites for hydroxylation is 1. The zero-order valence-corrected chi connectivity index (χ0v) is 15.5. The Morgan fingerprint density at radius 3 is 1.70 bits per heavy atom. The Bertz CT molecular complexity index is 483. The third-order valence-electron chi connectivity index (χ3n) is 2.87. The molecular weight excluding hydrogens is 381 g/mol. The number of hydrogen-bond acceptors (Lipinski definition) is 1. The van der Waals surface area contributed by atoms with Crippen molar-refractivity contribution in [3.8, 4) is 0 Å². The maximum absolute atomic E-state index is 12.8. The number of alkyl halides is 6. The number of benzene rings is 1. The maximum atomic E-state index is 12.8. The minimum atomic E-state index is -5.88. The van der Waals surface area contributed by atoms with Gasteiger partial charge in [0, 0.05) is 10.0 Å². The predicted octanol–water partition coefficient (Wildman–Crippen LogP) is 1.38. The second-order valence-electron chi connectivity index (χ2n) is 4.07. The van der Waals surface area contributed by atoms with Gasteiger partial charge in [0.2, 0.25) is 0 Å². The smallest absolute Gasteiger partial charge is 0.369 e. The first-order valence-corrected chi connectivity index (χ1v) is 5.75. The van der Waals surface area contributed by atoms with Crippen LogP contribution in [0, 0.1) is 13.8 Å². The van der Waals surface area contributed by atoms with Crippen LogP contribution in [-0.2, 0) is 5.60 Å². The molecule has 108 valence electrons. The van der Waals surface area contributed by atoms with Crippen molar-refractivity contribution in [2.75, 3.05) is 0 Å². The van der Waals surface area contributed by atoms with Gasteiger partial charge in [-0.05, 0) is 31.0 Å². The van der Waals surface area contributed by atoms with E-state index in [1.165, 1.54) is 13.0 Å². The second kappa shape index (κ2) is 6.55. The molecule has 0 aliphatic carbocycles. The van der Waals surface area contributed by atoms with E-state index in [0.717, 1.165) is 13.0 Å². The van der Waals surface area contributed by atoms with Crippen LogP contribution in [0.4, 0.5) is 26.3 Å². The Balaban J connectivity index is 0.00000361. The van der Waals surface area contributed by atoms with Gasteiger partial charge in [0.25, 0.3) is 5.60 Å². The van der Waals surface area contributed by atoms with Gasteiger partial charge < -0.3 is 5.11 Å². The van der Waals surface area contributed by atoms with Crippen molar-refractivity contribution in [2.45, 2.75) is 31.8 Å². The molecule has 9 heteroatoms. The van der Waals surface area contributed by atoms with E-state index in [1.54, 1.807) is 0 Å². The Labute approximate surface area is 162 Å². The monoisotopic (exact) mass is 389 g/mol. The molecule has 0 aliphatic rings. The second-order valence-corrected chi connectivity index (χ2v) is 4.92. The first kappa shape index (κ1) is 20.9. The van der Waals surface area contributed by atoms with Gasteiger partial charge >= 0.3 is 63.7 Å². The molecule has 0 atom stereocenters. The van der Waals surface area contributed by atoms with Crippen molar-refractivity contribution in [2.24, 2.45) is 0 Å². The molecule has 0 radical (unpaired) electrons. The van der Waals surface area contributed by atoms with Gasteiger partial charge in [0.1, 0.15) is 0 Å². The van der Waals surface area contributed by atoms with Crippen molar-refractivity contribution in [1.82, 2.24) is 0 Å². The number of hydrogen-bond donors (Lipinski definition) is 1. The molecule has 1 aromatic carbocycles. The predicted molar refractivity (Wildman–Crippen MR) is 59.6 cm³/mol. The number of rotatable bonds is 1. The van der Waals surface area contributed by atoms with Gasteiger partial charge in [-0.25, -0.2) is 0 Å². The fraction of sp³-hybridized carbons (Fsp3) is 0.455. The maximum Gasteiger partial charge on any atom is 1.00 e. The van der Waals surface area contributed by atoms with Crippen molar-refractivity contribution in [3.63, 3.8) is 0 Å². The summed E-state index contributed by atoms with van der Waals surface area (Å²) >= 11 is 2.64. The topological polar surface area (TPSA) is 20.2 Å². The summed E-state index contributed by atoms with van der Waals surface area (Å²) in [5, 5.41) is 9.36. The average molecular weight is 390 g/mol. The van der Waals surface area contributed by atoms with Crippen LogP contribution in [0.15, 0.2) is 16.6 Å². The summed E-state index contributed by atoms with van der Waals surface area (Å²) in [6, 6.07) is 2.40. The molecule has 0 spiro atoms. The molecule has 0 unspecified atom stereocenters. The zero-order valence-electron chi connectivity index (χ0n) is 10.7. The fourth-order valence-corrected chi connectivity index (χ4v) is 2.39. The van der Waals surface area contributed by atoms with E-state index in [1.807, 2.05) is 0 Å². The average Bonchev–Trinajstić information content (AvgIpc) is 2.20. The van der Waals surface area contributed by atoms with Gasteiger partial charge in [-0.2, -0.15) is 26.3 Å². The van der Waals surface area contributed by atoms with Crippen LogP contribution < -0.4 is 51.4 Å². The van der Waals surface area contributed by atoms with Gasteiger partial charge in [0.05, 0.1) is 0 Å². The Kier molecular flexibility index (Phi) is 6.84. The quantitative estimate of drug-likeness (QED) is 0.568. The van der Waals surface area contributed by atoms with Gasteiger partial charge in [-0.15, -0.1) is 0 Å². The molecular formula is C11H9BrF6KO+. The van der Waals surface area contributed by atoms with E-state index in [4.69, 9.17) is 0 Å². The van der Waals surface area contributed by atoms with Crippen molar-refractivity contribution in [3.05, 3.63) is 33.3 Å². The van der Waals surface area contributed by atoms with Crippen molar-refractivity contribution in [1.29, 1.82) is 0 Å². The molecule has 1 nitrogen and oxygen atoms in total. The fourth-order valence-electron chi connectivity index (χ4n) is 1.67. The summed E-state index contributed by atoms with van der Waals surface area (Å²) in [5.41, 5.74) is -6.20.